The minimum atomic E-state index is -0.00502. The van der Waals surface area contributed by atoms with Crippen molar-refractivity contribution in [1.82, 2.24) is 0 Å². The van der Waals surface area contributed by atoms with Gasteiger partial charge in [-0.2, -0.15) is 0 Å². The van der Waals surface area contributed by atoms with E-state index < -0.39 is 0 Å². The lowest BCUT2D eigenvalue weighted by molar-refractivity contribution is 0.348. The molecular weight excluding hydrogens is 244 g/mol. The summed E-state index contributed by atoms with van der Waals surface area (Å²) in [6.45, 7) is 0. The van der Waals surface area contributed by atoms with Crippen LogP contribution in [0.4, 0.5) is 11.4 Å². The fraction of sp³-hybridized carbons (Fsp3) is 0.333. The first-order valence-corrected chi connectivity index (χ1v) is 7.44. The topological polar surface area (TPSA) is 52.0 Å². The van der Waals surface area contributed by atoms with Gasteiger partial charge in [0.05, 0.1) is 0 Å². The Balaban J connectivity index is 2.21. The van der Waals surface area contributed by atoms with Gasteiger partial charge in [-0.05, 0) is 30.5 Å². The van der Waals surface area contributed by atoms with Gasteiger partial charge < -0.3 is 11.5 Å². The molecule has 4 N–H and O–H groups in total. The van der Waals surface area contributed by atoms with Crippen LogP contribution in [0.3, 0.4) is 0 Å². The summed E-state index contributed by atoms with van der Waals surface area (Å²) in [6.07, 6.45) is 6.05. The molecule has 20 heavy (non-hydrogen) atoms. The Bertz CT molecular complexity index is 563. The summed E-state index contributed by atoms with van der Waals surface area (Å²) < 4.78 is 0. The van der Waals surface area contributed by atoms with E-state index in [1.807, 2.05) is 18.2 Å². The normalized spacial score (nSPS) is 17.8. The molecule has 1 fully saturated rings. The van der Waals surface area contributed by atoms with E-state index in [-0.39, 0.29) is 5.41 Å². The lowest BCUT2D eigenvalue weighted by atomic mass is 9.64. The third-order valence-electron chi connectivity index (χ3n) is 4.64. The zero-order chi connectivity index (χ0) is 14.0. The van der Waals surface area contributed by atoms with Crippen molar-refractivity contribution < 1.29 is 0 Å². The van der Waals surface area contributed by atoms with Crippen LogP contribution in [0.5, 0.6) is 0 Å². The average Bonchev–Trinajstić information content (AvgIpc) is 2.49. The second kappa shape index (κ2) is 5.20. The van der Waals surface area contributed by atoms with Gasteiger partial charge in [-0.15, -0.1) is 0 Å². The Morgan fingerprint density at radius 2 is 1.30 bits per heavy atom. The predicted octanol–water partition coefficient (Wildman–Crippen LogP) is 4.10. The molecule has 0 bridgehead atoms. The maximum absolute atomic E-state index is 6.29. The smallest absolute Gasteiger partial charge is 0.0376 e. The Morgan fingerprint density at radius 3 is 1.90 bits per heavy atom. The molecule has 0 radical (unpaired) electrons. The Labute approximate surface area is 120 Å². The zero-order valence-electron chi connectivity index (χ0n) is 11.8. The van der Waals surface area contributed by atoms with Gasteiger partial charge in [0.1, 0.15) is 0 Å². The second-order valence-corrected chi connectivity index (χ2v) is 5.82. The number of nitrogens with two attached hydrogens (primary N) is 2. The van der Waals surface area contributed by atoms with E-state index in [1.54, 1.807) is 0 Å². The molecule has 1 saturated carbocycles. The fourth-order valence-corrected chi connectivity index (χ4v) is 3.74. The SMILES string of the molecule is Nc1cccc(N)c1C1(c2ccccc2)CCCCC1. The van der Waals surface area contributed by atoms with Gasteiger partial charge in [-0.3, -0.25) is 0 Å². The summed E-state index contributed by atoms with van der Waals surface area (Å²) in [5, 5.41) is 0. The van der Waals surface area contributed by atoms with Crippen molar-refractivity contribution in [2.45, 2.75) is 37.5 Å². The van der Waals surface area contributed by atoms with Crippen LogP contribution >= 0.6 is 0 Å². The number of rotatable bonds is 2. The maximum atomic E-state index is 6.29. The largest absolute Gasteiger partial charge is 0.398 e. The van der Waals surface area contributed by atoms with Crippen LogP contribution in [0, 0.1) is 0 Å². The van der Waals surface area contributed by atoms with Crippen LogP contribution in [0.2, 0.25) is 0 Å². The summed E-state index contributed by atoms with van der Waals surface area (Å²) in [6, 6.07) is 16.6. The van der Waals surface area contributed by atoms with Crippen molar-refractivity contribution in [2.24, 2.45) is 0 Å². The minimum Gasteiger partial charge on any atom is -0.398 e. The lowest BCUT2D eigenvalue weighted by Gasteiger charge is -2.40. The molecule has 0 saturated heterocycles. The Kier molecular flexibility index (Phi) is 3.39. The van der Waals surface area contributed by atoms with E-state index in [0.717, 1.165) is 29.8 Å². The van der Waals surface area contributed by atoms with E-state index in [1.165, 1.54) is 24.8 Å². The van der Waals surface area contributed by atoms with Gasteiger partial charge in [0, 0.05) is 22.4 Å². The van der Waals surface area contributed by atoms with Crippen LogP contribution in [-0.2, 0) is 5.41 Å². The number of nitrogen functional groups attached to an aromatic ring is 2. The first-order chi connectivity index (χ1) is 9.74. The van der Waals surface area contributed by atoms with Crippen LogP contribution in [0.15, 0.2) is 48.5 Å². The number of hydrogen-bond acceptors (Lipinski definition) is 2. The van der Waals surface area contributed by atoms with Gasteiger partial charge in [0.15, 0.2) is 0 Å². The summed E-state index contributed by atoms with van der Waals surface area (Å²) >= 11 is 0. The van der Waals surface area contributed by atoms with Gasteiger partial charge in [0.25, 0.3) is 0 Å². The minimum absolute atomic E-state index is 0.00502. The van der Waals surface area contributed by atoms with Gasteiger partial charge >= 0.3 is 0 Å². The van der Waals surface area contributed by atoms with Crippen LogP contribution in [0.25, 0.3) is 0 Å². The lowest BCUT2D eigenvalue weighted by Crippen LogP contribution is -2.32. The molecular formula is C18H22N2. The molecule has 0 unspecified atom stereocenters. The molecule has 1 aliphatic carbocycles. The number of anilines is 2. The van der Waals surface area contributed by atoms with Crippen LogP contribution < -0.4 is 11.5 Å². The molecule has 0 amide bonds. The summed E-state index contributed by atoms with van der Waals surface area (Å²) in [5.41, 5.74) is 16.7. The fourth-order valence-electron chi connectivity index (χ4n) is 3.74. The molecule has 1 aliphatic rings. The van der Waals surface area contributed by atoms with E-state index in [0.29, 0.717) is 0 Å². The third-order valence-corrected chi connectivity index (χ3v) is 4.64. The van der Waals surface area contributed by atoms with Crippen LogP contribution in [0.1, 0.15) is 43.2 Å². The van der Waals surface area contributed by atoms with Crippen molar-refractivity contribution in [1.29, 1.82) is 0 Å². The monoisotopic (exact) mass is 266 g/mol. The highest BCUT2D eigenvalue weighted by molar-refractivity contribution is 5.67. The molecule has 3 rings (SSSR count). The van der Waals surface area contributed by atoms with Gasteiger partial charge in [-0.1, -0.05) is 55.7 Å². The molecule has 2 nitrogen and oxygen atoms in total. The van der Waals surface area contributed by atoms with E-state index in [2.05, 4.69) is 30.3 Å². The Hall–Kier alpha value is -1.96. The van der Waals surface area contributed by atoms with Gasteiger partial charge in [-0.25, -0.2) is 0 Å². The molecule has 0 aliphatic heterocycles. The van der Waals surface area contributed by atoms with E-state index >= 15 is 0 Å². The molecule has 0 atom stereocenters. The van der Waals surface area contributed by atoms with Gasteiger partial charge in [0.2, 0.25) is 0 Å². The molecule has 0 spiro atoms. The molecule has 2 aromatic rings. The highest BCUT2D eigenvalue weighted by Crippen LogP contribution is 2.48. The second-order valence-electron chi connectivity index (χ2n) is 5.82. The van der Waals surface area contributed by atoms with Crippen molar-refractivity contribution >= 4 is 11.4 Å². The molecule has 104 valence electrons. The third kappa shape index (κ3) is 2.05. The van der Waals surface area contributed by atoms with Crippen molar-refractivity contribution in [3.8, 4) is 0 Å². The Morgan fingerprint density at radius 1 is 0.700 bits per heavy atom. The quantitative estimate of drug-likeness (QED) is 0.804. The first-order valence-electron chi connectivity index (χ1n) is 7.44. The van der Waals surface area contributed by atoms with E-state index in [4.69, 9.17) is 11.5 Å². The molecule has 2 aromatic carbocycles. The first kappa shape index (κ1) is 13.0. The summed E-state index contributed by atoms with van der Waals surface area (Å²) in [7, 11) is 0. The standard InChI is InChI=1S/C18H22N2/c19-15-10-7-11-16(20)17(15)18(12-5-2-6-13-18)14-8-3-1-4-9-14/h1,3-4,7-11H,2,5-6,12-13,19-20H2. The van der Waals surface area contributed by atoms with Crippen LogP contribution in [-0.4, -0.2) is 0 Å². The maximum Gasteiger partial charge on any atom is 0.0376 e. The summed E-state index contributed by atoms with van der Waals surface area (Å²) in [4.78, 5) is 0. The molecule has 2 heteroatoms. The van der Waals surface area contributed by atoms with E-state index in [9.17, 15) is 0 Å². The number of benzene rings is 2. The number of hydrogen-bond donors (Lipinski definition) is 2. The van der Waals surface area contributed by atoms with Crippen molar-refractivity contribution in [2.75, 3.05) is 11.5 Å². The predicted molar refractivity (Wildman–Crippen MR) is 85.6 cm³/mol. The highest BCUT2D eigenvalue weighted by Gasteiger charge is 2.38. The zero-order valence-corrected chi connectivity index (χ0v) is 11.8. The molecule has 0 aromatic heterocycles. The molecule has 0 heterocycles. The average molecular weight is 266 g/mol. The van der Waals surface area contributed by atoms with Crippen molar-refractivity contribution in [3.63, 3.8) is 0 Å². The highest BCUT2D eigenvalue weighted by atomic mass is 14.7. The summed E-state index contributed by atoms with van der Waals surface area (Å²) in [5.74, 6) is 0. The van der Waals surface area contributed by atoms with Crippen molar-refractivity contribution in [3.05, 3.63) is 59.7 Å².